The van der Waals surface area contributed by atoms with Crippen LogP contribution in [0.5, 0.6) is 5.75 Å². The number of hydrogen-bond acceptors (Lipinski definition) is 6. The van der Waals surface area contributed by atoms with Gasteiger partial charge in [0.1, 0.15) is 16.3 Å². The molecule has 0 radical (unpaired) electrons. The van der Waals surface area contributed by atoms with E-state index in [1.54, 1.807) is 18.4 Å². The van der Waals surface area contributed by atoms with Crippen LogP contribution in [0.1, 0.15) is 23.2 Å². The van der Waals surface area contributed by atoms with E-state index in [-0.39, 0.29) is 5.56 Å². The summed E-state index contributed by atoms with van der Waals surface area (Å²) in [4.78, 5) is 23.7. The van der Waals surface area contributed by atoms with Gasteiger partial charge in [-0.1, -0.05) is 18.2 Å². The third kappa shape index (κ3) is 4.75. The van der Waals surface area contributed by atoms with Crippen LogP contribution in [-0.4, -0.2) is 28.0 Å². The van der Waals surface area contributed by atoms with Gasteiger partial charge in [-0.3, -0.25) is 9.69 Å². The van der Waals surface area contributed by atoms with Gasteiger partial charge in [-0.05, 0) is 53.9 Å². The monoisotopic (exact) mass is 425 g/mol. The summed E-state index contributed by atoms with van der Waals surface area (Å²) >= 11 is 3.20. The minimum Gasteiger partial charge on any atom is -0.497 e. The lowest BCUT2D eigenvalue weighted by Gasteiger charge is -2.28. The topological polar surface area (TPSA) is 58.2 Å². The number of aromatic amines is 1. The number of benzene rings is 1. The van der Waals surface area contributed by atoms with E-state index in [2.05, 4.69) is 51.4 Å². The molecule has 0 fully saturated rings. The Morgan fingerprint density at radius 2 is 1.93 bits per heavy atom. The van der Waals surface area contributed by atoms with Crippen LogP contribution >= 0.6 is 22.7 Å². The van der Waals surface area contributed by atoms with E-state index < -0.39 is 0 Å². The Labute approximate surface area is 177 Å². The first kappa shape index (κ1) is 19.8. The van der Waals surface area contributed by atoms with E-state index in [1.165, 1.54) is 21.8 Å². The van der Waals surface area contributed by atoms with Crippen LogP contribution in [0.3, 0.4) is 0 Å². The molecular formula is C22H23N3O2S2. The summed E-state index contributed by atoms with van der Waals surface area (Å²) in [5.74, 6) is 1.55. The predicted molar refractivity (Wildman–Crippen MR) is 120 cm³/mol. The molecule has 5 nitrogen and oxygen atoms in total. The summed E-state index contributed by atoms with van der Waals surface area (Å²) in [6.45, 7) is 3.58. The molecule has 0 aliphatic carbocycles. The third-order valence-electron chi connectivity index (χ3n) is 4.96. The van der Waals surface area contributed by atoms with Gasteiger partial charge in [0, 0.05) is 17.5 Å². The zero-order valence-electron chi connectivity index (χ0n) is 16.4. The van der Waals surface area contributed by atoms with Gasteiger partial charge in [0.05, 0.1) is 19.2 Å². The molecule has 0 amide bonds. The molecule has 0 spiro atoms. The number of ether oxygens (including phenoxy) is 1. The minimum atomic E-state index is -0.0599. The van der Waals surface area contributed by atoms with Gasteiger partial charge in [0.2, 0.25) is 0 Å². The molecule has 150 valence electrons. The number of aromatic nitrogens is 2. The summed E-state index contributed by atoms with van der Waals surface area (Å²) in [5.41, 5.74) is 1.90. The number of fused-ring (bicyclic) bond motifs is 1. The molecular weight excluding hydrogens is 402 g/mol. The van der Waals surface area contributed by atoms with Gasteiger partial charge in [0.15, 0.2) is 0 Å². The second kappa shape index (κ2) is 8.90. The van der Waals surface area contributed by atoms with E-state index in [9.17, 15) is 4.79 Å². The zero-order valence-corrected chi connectivity index (χ0v) is 18.1. The Morgan fingerprint density at radius 1 is 1.10 bits per heavy atom. The maximum atomic E-state index is 12.4. The SMILES string of the molecule is COc1ccc(CN(Cc2nc3ccsc3c(=O)[nH]2)[C@@H](C)Cc2cccs2)cc1. The fourth-order valence-corrected chi connectivity index (χ4v) is 4.92. The van der Waals surface area contributed by atoms with E-state index in [0.29, 0.717) is 23.1 Å². The van der Waals surface area contributed by atoms with Crippen molar-refractivity contribution < 1.29 is 4.74 Å². The average Bonchev–Trinajstić information content (AvgIpc) is 3.40. The van der Waals surface area contributed by atoms with Crippen LogP contribution in [0.4, 0.5) is 0 Å². The molecule has 0 aliphatic heterocycles. The lowest BCUT2D eigenvalue weighted by molar-refractivity contribution is 0.185. The van der Waals surface area contributed by atoms with Crippen molar-refractivity contribution in [2.45, 2.75) is 32.5 Å². The van der Waals surface area contributed by atoms with Crippen molar-refractivity contribution in [2.24, 2.45) is 0 Å². The number of nitrogens with zero attached hydrogens (tertiary/aromatic N) is 2. The summed E-state index contributed by atoms with van der Waals surface area (Å²) in [7, 11) is 1.67. The van der Waals surface area contributed by atoms with Crippen LogP contribution in [0.15, 0.2) is 58.0 Å². The Morgan fingerprint density at radius 3 is 2.66 bits per heavy atom. The Kier molecular flexibility index (Phi) is 6.08. The van der Waals surface area contributed by atoms with Gasteiger partial charge < -0.3 is 9.72 Å². The molecule has 0 bridgehead atoms. The highest BCUT2D eigenvalue weighted by Crippen LogP contribution is 2.20. The molecule has 0 unspecified atom stereocenters. The molecule has 29 heavy (non-hydrogen) atoms. The number of nitrogens with one attached hydrogen (secondary N) is 1. The standard InChI is InChI=1S/C22H23N3O2S2/c1-15(12-18-4-3-10-28-18)25(13-16-5-7-17(27-2)8-6-16)14-20-23-19-9-11-29-21(19)22(26)24-20/h3-11,15H,12-14H2,1-2H3,(H,23,24,26)/t15-/m0/s1. The smallest absolute Gasteiger partial charge is 0.268 e. The first-order valence-corrected chi connectivity index (χ1v) is 11.2. The van der Waals surface area contributed by atoms with Crippen LogP contribution < -0.4 is 10.3 Å². The van der Waals surface area contributed by atoms with Crippen molar-refractivity contribution in [1.82, 2.24) is 14.9 Å². The second-order valence-electron chi connectivity index (χ2n) is 7.03. The van der Waals surface area contributed by atoms with Crippen molar-refractivity contribution in [3.05, 3.63) is 79.8 Å². The van der Waals surface area contributed by atoms with Crippen LogP contribution in [-0.2, 0) is 19.5 Å². The van der Waals surface area contributed by atoms with E-state index in [4.69, 9.17) is 4.74 Å². The van der Waals surface area contributed by atoms with Gasteiger partial charge in [0.25, 0.3) is 5.56 Å². The average molecular weight is 426 g/mol. The number of methoxy groups -OCH3 is 1. The molecule has 0 saturated heterocycles. The van der Waals surface area contributed by atoms with Gasteiger partial charge in [-0.25, -0.2) is 4.98 Å². The second-order valence-corrected chi connectivity index (χ2v) is 8.98. The van der Waals surface area contributed by atoms with Gasteiger partial charge in [-0.15, -0.1) is 22.7 Å². The normalized spacial score (nSPS) is 12.5. The Bertz CT molecular complexity index is 1120. The zero-order chi connectivity index (χ0) is 20.2. The predicted octanol–water partition coefficient (Wildman–Crippen LogP) is 4.69. The lowest BCUT2D eigenvalue weighted by atomic mass is 10.1. The molecule has 3 aromatic heterocycles. The minimum absolute atomic E-state index is 0.0599. The first-order valence-electron chi connectivity index (χ1n) is 9.48. The third-order valence-corrected chi connectivity index (χ3v) is 6.76. The van der Waals surface area contributed by atoms with Crippen LogP contribution in [0.2, 0.25) is 0 Å². The fraction of sp³-hybridized carbons (Fsp3) is 0.273. The maximum Gasteiger partial charge on any atom is 0.268 e. The number of rotatable bonds is 8. The lowest BCUT2D eigenvalue weighted by Crippen LogP contribution is -2.34. The van der Waals surface area contributed by atoms with Crippen molar-refractivity contribution in [3.8, 4) is 5.75 Å². The molecule has 1 N–H and O–H groups in total. The van der Waals surface area contributed by atoms with Crippen LogP contribution in [0.25, 0.3) is 10.2 Å². The molecule has 4 rings (SSSR count). The molecule has 0 saturated carbocycles. The highest BCUT2D eigenvalue weighted by Gasteiger charge is 2.18. The van der Waals surface area contributed by atoms with Gasteiger partial charge in [-0.2, -0.15) is 0 Å². The first-order chi connectivity index (χ1) is 14.1. The van der Waals surface area contributed by atoms with Crippen molar-refractivity contribution >= 4 is 32.9 Å². The maximum absolute atomic E-state index is 12.4. The number of hydrogen-bond donors (Lipinski definition) is 1. The molecule has 7 heteroatoms. The highest BCUT2D eigenvalue weighted by atomic mass is 32.1. The van der Waals surface area contributed by atoms with Gasteiger partial charge >= 0.3 is 0 Å². The number of H-pyrrole nitrogens is 1. The Balaban J connectivity index is 1.59. The van der Waals surface area contributed by atoms with E-state index in [0.717, 1.165) is 24.2 Å². The molecule has 1 aromatic carbocycles. The summed E-state index contributed by atoms with van der Waals surface area (Å²) in [6.07, 6.45) is 0.957. The Hall–Kier alpha value is -2.48. The fourth-order valence-electron chi connectivity index (χ4n) is 3.37. The largest absolute Gasteiger partial charge is 0.497 e. The summed E-state index contributed by atoms with van der Waals surface area (Å²) < 4.78 is 5.96. The van der Waals surface area contributed by atoms with E-state index >= 15 is 0 Å². The quantitative estimate of drug-likeness (QED) is 0.445. The van der Waals surface area contributed by atoms with E-state index in [1.807, 2.05) is 23.6 Å². The molecule has 4 aromatic rings. The molecule has 3 heterocycles. The number of thiophene rings is 2. The summed E-state index contributed by atoms with van der Waals surface area (Å²) in [5, 5.41) is 4.02. The van der Waals surface area contributed by atoms with Crippen molar-refractivity contribution in [1.29, 1.82) is 0 Å². The van der Waals surface area contributed by atoms with Crippen LogP contribution in [0, 0.1) is 0 Å². The molecule has 1 atom stereocenters. The van der Waals surface area contributed by atoms with Crippen molar-refractivity contribution in [3.63, 3.8) is 0 Å². The molecule has 0 aliphatic rings. The van der Waals surface area contributed by atoms with Crippen molar-refractivity contribution in [2.75, 3.05) is 7.11 Å². The highest BCUT2D eigenvalue weighted by molar-refractivity contribution is 7.17. The summed E-state index contributed by atoms with van der Waals surface area (Å²) in [6, 6.07) is 14.6.